The molecular weight excluding hydrogens is 340 g/mol. The van der Waals surface area contributed by atoms with E-state index in [9.17, 15) is 0 Å². The Bertz CT molecular complexity index is 845. The monoisotopic (exact) mass is 358 g/mol. The standard InChI is InChI=1S/C18H18N2O2S2/c1-21-14-9-6-12(10-15(14)22-2)16-18(23)20-17(19-16)11-4-7-13(24-3)8-5-11/h4-10,23H,1-3H3,(H,19,20). The van der Waals surface area contributed by atoms with Crippen molar-refractivity contribution in [2.45, 2.75) is 9.92 Å². The van der Waals surface area contributed by atoms with Crippen molar-refractivity contribution in [2.75, 3.05) is 20.5 Å². The SMILES string of the molecule is COc1ccc(-c2[nH]c(-c3ccc(SC)cc3)nc2S)cc1OC. The molecule has 0 atom stereocenters. The minimum Gasteiger partial charge on any atom is -0.493 e. The van der Waals surface area contributed by atoms with Gasteiger partial charge in [-0.3, -0.25) is 0 Å². The number of aromatic amines is 1. The van der Waals surface area contributed by atoms with Crippen LogP contribution >= 0.6 is 24.4 Å². The Labute approximate surface area is 151 Å². The fourth-order valence-corrected chi connectivity index (χ4v) is 3.14. The Morgan fingerprint density at radius 1 is 0.958 bits per heavy atom. The fourth-order valence-electron chi connectivity index (χ4n) is 2.44. The summed E-state index contributed by atoms with van der Waals surface area (Å²) >= 11 is 6.23. The number of hydrogen-bond acceptors (Lipinski definition) is 5. The van der Waals surface area contributed by atoms with E-state index in [1.54, 1.807) is 26.0 Å². The number of benzene rings is 2. The summed E-state index contributed by atoms with van der Waals surface area (Å²) in [5.41, 5.74) is 2.81. The van der Waals surface area contributed by atoms with Gasteiger partial charge in [0.15, 0.2) is 11.5 Å². The topological polar surface area (TPSA) is 47.1 Å². The summed E-state index contributed by atoms with van der Waals surface area (Å²) in [6.45, 7) is 0. The van der Waals surface area contributed by atoms with Gasteiger partial charge in [0.25, 0.3) is 0 Å². The molecule has 0 aliphatic heterocycles. The van der Waals surface area contributed by atoms with Crippen molar-refractivity contribution < 1.29 is 9.47 Å². The zero-order valence-electron chi connectivity index (χ0n) is 13.7. The molecular formula is C18H18N2O2S2. The van der Waals surface area contributed by atoms with Gasteiger partial charge in [-0.2, -0.15) is 0 Å². The highest BCUT2D eigenvalue weighted by Crippen LogP contribution is 2.35. The molecule has 0 unspecified atom stereocenters. The molecule has 4 nitrogen and oxygen atoms in total. The van der Waals surface area contributed by atoms with Gasteiger partial charge in [-0.25, -0.2) is 4.98 Å². The van der Waals surface area contributed by atoms with Gasteiger partial charge < -0.3 is 14.5 Å². The summed E-state index contributed by atoms with van der Waals surface area (Å²) in [7, 11) is 3.24. The van der Waals surface area contributed by atoms with Crippen LogP contribution in [0.2, 0.25) is 0 Å². The number of hydrogen-bond donors (Lipinski definition) is 2. The highest BCUT2D eigenvalue weighted by Gasteiger charge is 2.13. The molecule has 124 valence electrons. The molecule has 0 aliphatic carbocycles. The molecule has 2 aromatic carbocycles. The van der Waals surface area contributed by atoms with Crippen LogP contribution in [0.4, 0.5) is 0 Å². The molecule has 24 heavy (non-hydrogen) atoms. The lowest BCUT2D eigenvalue weighted by Gasteiger charge is -2.09. The maximum Gasteiger partial charge on any atom is 0.161 e. The lowest BCUT2D eigenvalue weighted by Crippen LogP contribution is -1.91. The van der Waals surface area contributed by atoms with Gasteiger partial charge in [-0.05, 0) is 36.6 Å². The van der Waals surface area contributed by atoms with Gasteiger partial charge in [0.1, 0.15) is 10.9 Å². The number of ether oxygens (including phenoxy) is 2. The maximum atomic E-state index is 5.37. The van der Waals surface area contributed by atoms with Crippen molar-refractivity contribution in [3.63, 3.8) is 0 Å². The summed E-state index contributed by atoms with van der Waals surface area (Å²) < 4.78 is 10.7. The molecule has 0 bridgehead atoms. The first-order chi connectivity index (χ1) is 11.7. The zero-order valence-corrected chi connectivity index (χ0v) is 15.4. The minimum absolute atomic E-state index is 0.645. The lowest BCUT2D eigenvalue weighted by atomic mass is 10.1. The average molecular weight is 358 g/mol. The zero-order chi connectivity index (χ0) is 17.1. The van der Waals surface area contributed by atoms with Gasteiger partial charge in [-0.15, -0.1) is 24.4 Å². The highest BCUT2D eigenvalue weighted by atomic mass is 32.2. The van der Waals surface area contributed by atoms with Crippen molar-refractivity contribution in [1.29, 1.82) is 0 Å². The Morgan fingerprint density at radius 2 is 1.62 bits per heavy atom. The van der Waals surface area contributed by atoms with Crippen molar-refractivity contribution in [2.24, 2.45) is 0 Å². The van der Waals surface area contributed by atoms with Crippen molar-refractivity contribution in [1.82, 2.24) is 9.97 Å². The molecule has 0 amide bonds. The third-order valence-electron chi connectivity index (χ3n) is 3.72. The van der Waals surface area contributed by atoms with Crippen molar-refractivity contribution in [3.05, 3.63) is 42.5 Å². The molecule has 1 heterocycles. The first kappa shape index (κ1) is 16.8. The number of H-pyrrole nitrogens is 1. The molecule has 0 aliphatic rings. The van der Waals surface area contributed by atoms with E-state index in [0.29, 0.717) is 16.5 Å². The second-order valence-corrected chi connectivity index (χ2v) is 6.39. The second-order valence-electron chi connectivity index (χ2n) is 5.08. The molecule has 1 aromatic heterocycles. The van der Waals surface area contributed by atoms with Crippen LogP contribution in [0.1, 0.15) is 0 Å². The summed E-state index contributed by atoms with van der Waals surface area (Å²) in [6.07, 6.45) is 2.06. The van der Waals surface area contributed by atoms with E-state index in [0.717, 1.165) is 22.6 Å². The molecule has 0 fully saturated rings. The van der Waals surface area contributed by atoms with Crippen LogP contribution < -0.4 is 9.47 Å². The molecule has 0 saturated carbocycles. The lowest BCUT2D eigenvalue weighted by molar-refractivity contribution is 0.355. The van der Waals surface area contributed by atoms with Gasteiger partial charge in [-0.1, -0.05) is 12.1 Å². The molecule has 6 heteroatoms. The summed E-state index contributed by atoms with van der Waals surface area (Å²) in [5, 5.41) is 0.645. The predicted molar refractivity (Wildman–Crippen MR) is 102 cm³/mol. The van der Waals surface area contributed by atoms with E-state index < -0.39 is 0 Å². The Hall–Kier alpha value is -2.05. The molecule has 3 aromatic rings. The van der Waals surface area contributed by atoms with E-state index in [-0.39, 0.29) is 0 Å². The molecule has 3 rings (SSSR count). The Kier molecular flexibility index (Phi) is 5.06. The van der Waals surface area contributed by atoms with Gasteiger partial charge in [0.05, 0.1) is 19.9 Å². The largest absolute Gasteiger partial charge is 0.493 e. The van der Waals surface area contributed by atoms with Crippen LogP contribution in [-0.4, -0.2) is 30.4 Å². The minimum atomic E-state index is 0.645. The number of imidazole rings is 1. The summed E-state index contributed by atoms with van der Waals surface area (Å²) in [5.74, 6) is 2.15. The number of aromatic nitrogens is 2. The van der Waals surface area contributed by atoms with Crippen LogP contribution in [0, 0.1) is 0 Å². The number of rotatable bonds is 5. The third kappa shape index (κ3) is 3.25. The quantitative estimate of drug-likeness (QED) is 0.509. The number of nitrogens with zero attached hydrogens (tertiary/aromatic N) is 1. The van der Waals surface area contributed by atoms with E-state index in [4.69, 9.17) is 9.47 Å². The third-order valence-corrected chi connectivity index (χ3v) is 4.79. The van der Waals surface area contributed by atoms with Crippen LogP contribution in [0.5, 0.6) is 11.5 Å². The van der Waals surface area contributed by atoms with E-state index >= 15 is 0 Å². The summed E-state index contributed by atoms with van der Waals surface area (Å²) in [4.78, 5) is 9.11. The maximum absolute atomic E-state index is 5.37. The molecule has 1 N–H and O–H groups in total. The van der Waals surface area contributed by atoms with Crippen molar-refractivity contribution in [3.8, 4) is 34.1 Å². The normalized spacial score (nSPS) is 10.7. The van der Waals surface area contributed by atoms with Crippen LogP contribution in [0.3, 0.4) is 0 Å². The summed E-state index contributed by atoms with van der Waals surface area (Å²) in [6, 6.07) is 14.0. The van der Waals surface area contributed by atoms with Gasteiger partial charge in [0, 0.05) is 16.0 Å². The van der Waals surface area contributed by atoms with Crippen LogP contribution in [-0.2, 0) is 0 Å². The van der Waals surface area contributed by atoms with E-state index in [1.165, 1.54) is 4.90 Å². The second kappa shape index (κ2) is 7.23. The van der Waals surface area contributed by atoms with Crippen molar-refractivity contribution >= 4 is 24.4 Å². The van der Waals surface area contributed by atoms with Crippen LogP contribution in [0.25, 0.3) is 22.6 Å². The Balaban J connectivity index is 1.99. The molecule has 0 spiro atoms. The first-order valence-corrected chi connectivity index (χ1v) is 8.99. The molecule has 0 saturated heterocycles. The number of nitrogens with one attached hydrogen (secondary N) is 1. The molecule has 0 radical (unpaired) electrons. The predicted octanol–water partition coefficient (Wildman–Crippen LogP) is 4.77. The number of thiol groups is 1. The van der Waals surface area contributed by atoms with Gasteiger partial charge in [0.2, 0.25) is 0 Å². The van der Waals surface area contributed by atoms with E-state index in [2.05, 4.69) is 53.1 Å². The first-order valence-electron chi connectivity index (χ1n) is 7.32. The highest BCUT2D eigenvalue weighted by molar-refractivity contribution is 7.98. The number of methoxy groups -OCH3 is 2. The fraction of sp³-hybridized carbons (Fsp3) is 0.167. The Morgan fingerprint density at radius 3 is 2.25 bits per heavy atom. The van der Waals surface area contributed by atoms with E-state index in [1.807, 2.05) is 18.2 Å². The average Bonchev–Trinajstić information content (AvgIpc) is 3.03. The smallest absolute Gasteiger partial charge is 0.161 e. The van der Waals surface area contributed by atoms with Crippen LogP contribution in [0.15, 0.2) is 52.4 Å². The number of thioether (sulfide) groups is 1. The van der Waals surface area contributed by atoms with Gasteiger partial charge >= 0.3 is 0 Å².